The number of esters is 1. The van der Waals surface area contributed by atoms with E-state index in [1.54, 1.807) is 6.07 Å². The van der Waals surface area contributed by atoms with Gasteiger partial charge in [0.1, 0.15) is 25.1 Å². The molecule has 0 amide bonds. The Bertz CT molecular complexity index is 409. The van der Waals surface area contributed by atoms with Crippen molar-refractivity contribution in [3.05, 3.63) is 29.3 Å². The predicted molar refractivity (Wildman–Crippen MR) is 50.8 cm³/mol. The number of cyclic esters (lactones) is 1. The summed E-state index contributed by atoms with van der Waals surface area (Å²) in [6.07, 6.45) is 0.227. The minimum absolute atomic E-state index is 0.227. The zero-order chi connectivity index (χ0) is 10.3. The van der Waals surface area contributed by atoms with Crippen LogP contribution >= 0.6 is 0 Å². The number of hydrogen-bond acceptors (Lipinski definition) is 4. The highest BCUT2D eigenvalue weighted by Crippen LogP contribution is 2.25. The van der Waals surface area contributed by atoms with E-state index in [0.29, 0.717) is 24.5 Å². The second-order valence-corrected chi connectivity index (χ2v) is 3.66. The van der Waals surface area contributed by atoms with Crippen molar-refractivity contribution in [1.29, 1.82) is 0 Å². The molecule has 2 aliphatic heterocycles. The molecule has 0 bridgehead atoms. The van der Waals surface area contributed by atoms with Gasteiger partial charge in [0, 0.05) is 5.56 Å². The average Bonchev–Trinajstić information content (AvgIpc) is 3.02. The van der Waals surface area contributed by atoms with Crippen LogP contribution in [-0.4, -0.2) is 25.3 Å². The monoisotopic (exact) mass is 206 g/mol. The van der Waals surface area contributed by atoms with Crippen LogP contribution in [0.25, 0.3) is 0 Å². The Morgan fingerprint density at radius 2 is 2.33 bits per heavy atom. The molecule has 1 atom stereocenters. The summed E-state index contributed by atoms with van der Waals surface area (Å²) in [6, 6.07) is 5.44. The van der Waals surface area contributed by atoms with Gasteiger partial charge in [-0.15, -0.1) is 0 Å². The van der Waals surface area contributed by atoms with Crippen LogP contribution in [0, 0.1) is 0 Å². The summed E-state index contributed by atoms with van der Waals surface area (Å²) in [7, 11) is 0. The number of carbonyl (C=O) groups excluding carboxylic acids is 1. The third kappa shape index (κ3) is 1.68. The smallest absolute Gasteiger partial charge is 0.339 e. The Labute approximate surface area is 86.7 Å². The number of rotatable bonds is 3. The Morgan fingerprint density at radius 3 is 3.13 bits per heavy atom. The van der Waals surface area contributed by atoms with Crippen molar-refractivity contribution < 1.29 is 19.0 Å². The molecule has 2 heterocycles. The van der Waals surface area contributed by atoms with Crippen molar-refractivity contribution in [1.82, 2.24) is 0 Å². The number of fused-ring (bicyclic) bond motifs is 1. The van der Waals surface area contributed by atoms with Gasteiger partial charge >= 0.3 is 5.97 Å². The summed E-state index contributed by atoms with van der Waals surface area (Å²) in [5, 5.41) is 0. The zero-order valence-corrected chi connectivity index (χ0v) is 8.06. The molecule has 0 radical (unpaired) electrons. The van der Waals surface area contributed by atoms with Gasteiger partial charge < -0.3 is 14.2 Å². The Balaban J connectivity index is 1.78. The quantitative estimate of drug-likeness (QED) is 0.549. The molecule has 0 aromatic heterocycles. The van der Waals surface area contributed by atoms with E-state index in [0.717, 1.165) is 12.2 Å². The van der Waals surface area contributed by atoms with E-state index < -0.39 is 0 Å². The van der Waals surface area contributed by atoms with Crippen LogP contribution in [0.5, 0.6) is 5.75 Å². The highest BCUT2D eigenvalue weighted by Gasteiger charge is 2.24. The van der Waals surface area contributed by atoms with Gasteiger partial charge in [0.2, 0.25) is 0 Å². The molecule has 1 aromatic rings. The molecule has 1 saturated heterocycles. The van der Waals surface area contributed by atoms with Gasteiger partial charge in [-0.25, -0.2) is 4.79 Å². The molecule has 1 aromatic carbocycles. The maximum Gasteiger partial charge on any atom is 0.339 e. The lowest BCUT2D eigenvalue weighted by molar-refractivity contribution is 0.0535. The van der Waals surface area contributed by atoms with Crippen LogP contribution in [0.3, 0.4) is 0 Å². The minimum atomic E-state index is -0.266. The Kier molecular flexibility index (Phi) is 1.89. The summed E-state index contributed by atoms with van der Waals surface area (Å²) in [4.78, 5) is 11.3. The lowest BCUT2D eigenvalue weighted by atomic mass is 10.1. The number of hydrogen-bond donors (Lipinski definition) is 0. The van der Waals surface area contributed by atoms with Crippen LogP contribution in [-0.2, 0) is 16.1 Å². The molecule has 0 N–H and O–H groups in total. The van der Waals surface area contributed by atoms with Crippen molar-refractivity contribution in [2.75, 3.05) is 13.2 Å². The molecule has 0 aliphatic carbocycles. The molecule has 78 valence electrons. The van der Waals surface area contributed by atoms with E-state index in [9.17, 15) is 4.79 Å². The molecule has 4 nitrogen and oxygen atoms in total. The Morgan fingerprint density at radius 1 is 1.47 bits per heavy atom. The third-order valence-corrected chi connectivity index (χ3v) is 2.50. The van der Waals surface area contributed by atoms with E-state index in [-0.39, 0.29) is 12.1 Å². The first-order chi connectivity index (χ1) is 7.33. The van der Waals surface area contributed by atoms with E-state index in [1.807, 2.05) is 12.1 Å². The average molecular weight is 206 g/mol. The first-order valence-electron chi connectivity index (χ1n) is 4.87. The predicted octanol–water partition coefficient (Wildman–Crippen LogP) is 1.13. The van der Waals surface area contributed by atoms with Crippen LogP contribution in [0.4, 0.5) is 0 Å². The summed E-state index contributed by atoms with van der Waals surface area (Å²) < 4.78 is 15.4. The van der Waals surface area contributed by atoms with Crippen LogP contribution in [0.2, 0.25) is 0 Å². The van der Waals surface area contributed by atoms with Crippen molar-refractivity contribution in [3.8, 4) is 5.75 Å². The second-order valence-electron chi connectivity index (χ2n) is 3.66. The fraction of sp³-hybridized carbons (Fsp3) is 0.364. The molecule has 15 heavy (non-hydrogen) atoms. The van der Waals surface area contributed by atoms with E-state index in [1.165, 1.54) is 0 Å². The highest BCUT2D eigenvalue weighted by atomic mass is 16.6. The molecule has 1 unspecified atom stereocenters. The molecular formula is C11H10O4. The van der Waals surface area contributed by atoms with E-state index >= 15 is 0 Å². The number of ether oxygens (including phenoxy) is 3. The van der Waals surface area contributed by atoms with Gasteiger partial charge in [-0.05, 0) is 12.1 Å². The largest absolute Gasteiger partial charge is 0.491 e. The summed E-state index contributed by atoms with van der Waals surface area (Å²) in [6.45, 7) is 1.70. The second kappa shape index (κ2) is 3.24. The molecule has 4 heteroatoms. The first kappa shape index (κ1) is 8.73. The molecular weight excluding hydrogens is 196 g/mol. The van der Waals surface area contributed by atoms with Gasteiger partial charge in [-0.3, -0.25) is 0 Å². The van der Waals surface area contributed by atoms with Gasteiger partial charge in [-0.2, -0.15) is 0 Å². The summed E-state index contributed by atoms with van der Waals surface area (Å²) in [5.74, 6) is 0.432. The van der Waals surface area contributed by atoms with Crippen molar-refractivity contribution in [2.45, 2.75) is 12.7 Å². The zero-order valence-electron chi connectivity index (χ0n) is 8.06. The maximum atomic E-state index is 11.3. The van der Waals surface area contributed by atoms with Crippen LogP contribution < -0.4 is 4.74 Å². The molecule has 1 fully saturated rings. The maximum absolute atomic E-state index is 11.3. The standard InChI is InChI=1S/C11H10O4/c12-11-10-3-8(13-5-9-6-14-9)2-1-7(10)4-15-11/h1-3,9H,4-6H2. The minimum Gasteiger partial charge on any atom is -0.491 e. The number of epoxide rings is 1. The SMILES string of the molecule is O=C1OCc2ccc(OCC3CO3)cc21. The molecule has 3 rings (SSSR count). The fourth-order valence-corrected chi connectivity index (χ4v) is 1.54. The number of carbonyl (C=O) groups is 1. The van der Waals surface area contributed by atoms with Crippen LogP contribution in [0.15, 0.2) is 18.2 Å². The van der Waals surface area contributed by atoms with Gasteiger partial charge in [-0.1, -0.05) is 6.07 Å². The van der Waals surface area contributed by atoms with Gasteiger partial charge in [0.05, 0.1) is 12.2 Å². The van der Waals surface area contributed by atoms with Crippen molar-refractivity contribution >= 4 is 5.97 Å². The topological polar surface area (TPSA) is 48.1 Å². The van der Waals surface area contributed by atoms with Crippen molar-refractivity contribution in [3.63, 3.8) is 0 Å². The fourth-order valence-electron chi connectivity index (χ4n) is 1.54. The lowest BCUT2D eigenvalue weighted by Gasteiger charge is -2.04. The van der Waals surface area contributed by atoms with E-state index in [2.05, 4.69) is 0 Å². The number of benzene rings is 1. The lowest BCUT2D eigenvalue weighted by Crippen LogP contribution is -2.04. The summed E-state index contributed by atoms with van der Waals surface area (Å²) in [5.41, 5.74) is 1.54. The molecule has 0 spiro atoms. The summed E-state index contributed by atoms with van der Waals surface area (Å²) >= 11 is 0. The van der Waals surface area contributed by atoms with Gasteiger partial charge in [0.25, 0.3) is 0 Å². The van der Waals surface area contributed by atoms with E-state index in [4.69, 9.17) is 14.2 Å². The Hall–Kier alpha value is -1.55. The third-order valence-electron chi connectivity index (χ3n) is 2.50. The normalized spacial score (nSPS) is 22.1. The van der Waals surface area contributed by atoms with Crippen LogP contribution in [0.1, 0.15) is 15.9 Å². The van der Waals surface area contributed by atoms with Gasteiger partial charge in [0.15, 0.2) is 0 Å². The molecule has 0 saturated carbocycles. The first-order valence-corrected chi connectivity index (χ1v) is 4.87. The highest BCUT2D eigenvalue weighted by molar-refractivity contribution is 5.93. The molecule has 2 aliphatic rings. The van der Waals surface area contributed by atoms with Crippen molar-refractivity contribution in [2.24, 2.45) is 0 Å².